The number of thioether (sulfide) groups is 2. The normalized spacial score (nSPS) is 14.6. The molecule has 1 aromatic heterocycles. The lowest BCUT2D eigenvalue weighted by Gasteiger charge is -2.09. The van der Waals surface area contributed by atoms with Gasteiger partial charge in [0.1, 0.15) is 5.52 Å². The minimum absolute atomic E-state index is 0.272. The highest BCUT2D eigenvalue weighted by Gasteiger charge is 2.18. The first-order valence-corrected chi connectivity index (χ1v) is 10.1. The van der Waals surface area contributed by atoms with Crippen LogP contribution in [-0.2, 0) is 11.5 Å². The average Bonchev–Trinajstić information content (AvgIpc) is 3.22. The van der Waals surface area contributed by atoms with E-state index in [-0.39, 0.29) is 12.3 Å². The van der Waals surface area contributed by atoms with Crippen LogP contribution in [0, 0.1) is 0 Å². The van der Waals surface area contributed by atoms with Gasteiger partial charge in [-0.25, -0.2) is 4.79 Å². The van der Waals surface area contributed by atoms with Crippen molar-refractivity contribution in [3.8, 4) is 0 Å². The van der Waals surface area contributed by atoms with E-state index >= 15 is 0 Å². The molecule has 1 aliphatic heterocycles. The van der Waals surface area contributed by atoms with Gasteiger partial charge in [-0.05, 0) is 29.8 Å². The number of aromatic nitrogens is 3. The smallest absolute Gasteiger partial charge is 0.339 e. The van der Waals surface area contributed by atoms with Crippen LogP contribution in [0.15, 0.2) is 53.3 Å². The molecule has 0 unspecified atom stereocenters. The maximum Gasteiger partial charge on any atom is 0.339 e. The van der Waals surface area contributed by atoms with Crippen LogP contribution in [0.2, 0.25) is 0 Å². The number of hydrogen-bond acceptors (Lipinski definition) is 7. The van der Waals surface area contributed by atoms with Gasteiger partial charge in [-0.3, -0.25) is 4.79 Å². The predicted octanol–water partition coefficient (Wildman–Crippen LogP) is 3.08. The highest BCUT2D eigenvalue weighted by molar-refractivity contribution is 8.19. The van der Waals surface area contributed by atoms with Crippen LogP contribution < -0.4 is 5.56 Å². The summed E-state index contributed by atoms with van der Waals surface area (Å²) >= 11 is 3.83. The second kappa shape index (κ2) is 7.51. The van der Waals surface area contributed by atoms with Gasteiger partial charge in [-0.1, -0.05) is 29.5 Å². The van der Waals surface area contributed by atoms with Gasteiger partial charge in [0.25, 0.3) is 5.56 Å². The standard InChI is InChI=1S/C18H15N3O3S2/c22-16-14-3-1-2-4-15(14)19-20-21(16)11-24-17(23)12-5-7-13(8-6-12)18-25-9-10-26-18/h1-8,18H,9-11H2. The highest BCUT2D eigenvalue weighted by atomic mass is 32.2. The molecule has 1 aliphatic rings. The van der Waals surface area contributed by atoms with Gasteiger partial charge in [0.15, 0.2) is 6.73 Å². The first kappa shape index (κ1) is 17.1. The van der Waals surface area contributed by atoms with Gasteiger partial charge in [-0.2, -0.15) is 4.68 Å². The summed E-state index contributed by atoms with van der Waals surface area (Å²) in [4.78, 5) is 24.6. The number of nitrogens with zero attached hydrogens (tertiary/aromatic N) is 3. The number of carbonyl (C=O) groups excluding carboxylic acids is 1. The van der Waals surface area contributed by atoms with Crippen LogP contribution in [0.4, 0.5) is 0 Å². The molecule has 0 radical (unpaired) electrons. The van der Waals surface area contributed by atoms with Crippen LogP contribution >= 0.6 is 23.5 Å². The Labute approximate surface area is 157 Å². The summed E-state index contributed by atoms with van der Waals surface area (Å²) in [6.07, 6.45) is 0. The molecule has 26 heavy (non-hydrogen) atoms. The lowest BCUT2D eigenvalue weighted by molar-refractivity contribution is 0.0336. The molecule has 1 saturated heterocycles. The van der Waals surface area contributed by atoms with Gasteiger partial charge in [0, 0.05) is 11.5 Å². The molecule has 0 saturated carbocycles. The van der Waals surface area contributed by atoms with E-state index in [0.717, 1.165) is 16.2 Å². The number of fused-ring (bicyclic) bond motifs is 1. The molecule has 3 aromatic rings. The third-order valence-electron chi connectivity index (χ3n) is 3.99. The highest BCUT2D eigenvalue weighted by Crippen LogP contribution is 2.45. The Kier molecular flexibility index (Phi) is 4.94. The van der Waals surface area contributed by atoms with Crippen LogP contribution in [0.5, 0.6) is 0 Å². The molecule has 0 aliphatic carbocycles. The van der Waals surface area contributed by atoms with Crippen molar-refractivity contribution in [2.24, 2.45) is 0 Å². The number of benzene rings is 2. The molecule has 0 bridgehead atoms. The Morgan fingerprint density at radius 1 is 1.12 bits per heavy atom. The van der Waals surface area contributed by atoms with Crippen LogP contribution in [0.1, 0.15) is 20.5 Å². The Balaban J connectivity index is 1.45. The molecule has 132 valence electrons. The molecule has 0 amide bonds. The van der Waals surface area contributed by atoms with Crippen molar-refractivity contribution in [2.45, 2.75) is 11.3 Å². The molecular weight excluding hydrogens is 370 g/mol. The van der Waals surface area contributed by atoms with E-state index in [1.54, 1.807) is 36.4 Å². The molecule has 1 fully saturated rings. The molecule has 8 heteroatoms. The molecule has 6 nitrogen and oxygen atoms in total. The predicted molar refractivity (Wildman–Crippen MR) is 103 cm³/mol. The summed E-state index contributed by atoms with van der Waals surface area (Å²) in [5, 5.41) is 8.21. The molecule has 4 rings (SSSR count). The van der Waals surface area contributed by atoms with Crippen molar-refractivity contribution in [1.29, 1.82) is 0 Å². The fourth-order valence-electron chi connectivity index (χ4n) is 2.64. The van der Waals surface area contributed by atoms with Crippen molar-refractivity contribution in [2.75, 3.05) is 11.5 Å². The molecule has 2 aromatic carbocycles. The Morgan fingerprint density at radius 3 is 2.62 bits per heavy atom. The lowest BCUT2D eigenvalue weighted by atomic mass is 10.1. The maximum atomic E-state index is 12.3. The van der Waals surface area contributed by atoms with Gasteiger partial charge in [0.2, 0.25) is 0 Å². The molecule has 2 heterocycles. The van der Waals surface area contributed by atoms with E-state index < -0.39 is 5.97 Å². The molecule has 0 N–H and O–H groups in total. The third-order valence-corrected chi connectivity index (χ3v) is 7.09. The van der Waals surface area contributed by atoms with Gasteiger partial charge < -0.3 is 4.74 Å². The minimum Gasteiger partial charge on any atom is -0.439 e. The van der Waals surface area contributed by atoms with Crippen molar-refractivity contribution < 1.29 is 9.53 Å². The van der Waals surface area contributed by atoms with Crippen LogP contribution in [0.3, 0.4) is 0 Å². The summed E-state index contributed by atoms with van der Waals surface area (Å²) in [6, 6.07) is 14.3. The number of esters is 1. The van der Waals surface area contributed by atoms with Gasteiger partial charge >= 0.3 is 5.97 Å². The molecular formula is C18H15N3O3S2. The monoisotopic (exact) mass is 385 g/mol. The number of rotatable bonds is 4. The Hall–Kier alpha value is -2.32. The van der Waals surface area contributed by atoms with Crippen molar-refractivity contribution in [3.05, 3.63) is 70.0 Å². The van der Waals surface area contributed by atoms with E-state index in [0.29, 0.717) is 21.0 Å². The van der Waals surface area contributed by atoms with Crippen LogP contribution in [0.25, 0.3) is 10.9 Å². The fraction of sp³-hybridized carbons (Fsp3) is 0.222. The zero-order chi connectivity index (χ0) is 17.9. The van der Waals surface area contributed by atoms with Crippen LogP contribution in [-0.4, -0.2) is 32.5 Å². The number of ether oxygens (including phenoxy) is 1. The van der Waals surface area contributed by atoms with E-state index in [4.69, 9.17) is 4.74 Å². The quantitative estimate of drug-likeness (QED) is 0.639. The van der Waals surface area contributed by atoms with E-state index in [2.05, 4.69) is 10.3 Å². The van der Waals surface area contributed by atoms with E-state index in [1.165, 1.54) is 5.56 Å². The summed E-state index contributed by atoms with van der Waals surface area (Å²) < 4.78 is 6.70. The first-order valence-electron chi connectivity index (χ1n) is 8.05. The summed E-state index contributed by atoms with van der Waals surface area (Å²) in [5.74, 6) is 1.81. The SMILES string of the molecule is O=C(OCn1nnc2ccccc2c1=O)c1ccc(C2SCCS2)cc1. The van der Waals surface area contributed by atoms with E-state index in [9.17, 15) is 9.59 Å². The average molecular weight is 385 g/mol. The molecule has 0 atom stereocenters. The number of carbonyl (C=O) groups is 1. The maximum absolute atomic E-state index is 12.3. The zero-order valence-corrected chi connectivity index (χ0v) is 15.3. The Bertz CT molecular complexity index is 998. The van der Waals surface area contributed by atoms with Crippen molar-refractivity contribution in [3.63, 3.8) is 0 Å². The summed E-state index contributed by atoms with van der Waals surface area (Å²) in [7, 11) is 0. The largest absolute Gasteiger partial charge is 0.439 e. The van der Waals surface area contributed by atoms with Crippen molar-refractivity contribution in [1.82, 2.24) is 15.0 Å². The minimum atomic E-state index is -0.495. The van der Waals surface area contributed by atoms with E-state index in [1.807, 2.05) is 35.7 Å². The van der Waals surface area contributed by atoms with Gasteiger partial charge in [-0.15, -0.1) is 28.6 Å². The zero-order valence-electron chi connectivity index (χ0n) is 13.7. The summed E-state index contributed by atoms with van der Waals surface area (Å²) in [6.45, 7) is -0.272. The summed E-state index contributed by atoms with van der Waals surface area (Å²) in [5.41, 5.74) is 1.82. The first-order chi connectivity index (χ1) is 12.7. The fourth-order valence-corrected chi connectivity index (χ4v) is 5.50. The Morgan fingerprint density at radius 2 is 1.85 bits per heavy atom. The second-order valence-electron chi connectivity index (χ2n) is 5.67. The molecule has 0 spiro atoms. The number of hydrogen-bond donors (Lipinski definition) is 0. The topological polar surface area (TPSA) is 74.1 Å². The van der Waals surface area contributed by atoms with Gasteiger partial charge in [0.05, 0.1) is 15.5 Å². The lowest BCUT2D eigenvalue weighted by Crippen LogP contribution is -2.26. The van der Waals surface area contributed by atoms with Crippen molar-refractivity contribution >= 4 is 40.4 Å². The third kappa shape index (κ3) is 3.47. The second-order valence-corrected chi connectivity index (χ2v) is 8.39.